The van der Waals surface area contributed by atoms with Crippen molar-refractivity contribution in [2.24, 2.45) is 4.99 Å². The molecule has 0 saturated carbocycles. The molecule has 0 fully saturated rings. The quantitative estimate of drug-likeness (QED) is 0.401. The summed E-state index contributed by atoms with van der Waals surface area (Å²) in [5.41, 5.74) is 0.465. The van der Waals surface area contributed by atoms with Crippen molar-refractivity contribution in [2.45, 2.75) is 39.8 Å². The van der Waals surface area contributed by atoms with Gasteiger partial charge in [0.1, 0.15) is 11.5 Å². The number of guanidine groups is 1. The van der Waals surface area contributed by atoms with Crippen LogP contribution < -0.4 is 25.4 Å². The molecule has 7 nitrogen and oxygen atoms in total. The Kier molecular flexibility index (Phi) is 10.6. The van der Waals surface area contributed by atoms with Crippen LogP contribution in [0.25, 0.3) is 0 Å². The smallest absolute Gasteiger partial charge is 0.387 e. The third-order valence-corrected chi connectivity index (χ3v) is 3.45. The van der Waals surface area contributed by atoms with Gasteiger partial charge in [0.05, 0.1) is 13.7 Å². The van der Waals surface area contributed by atoms with Gasteiger partial charge in [0.2, 0.25) is 5.91 Å². The third-order valence-electron chi connectivity index (χ3n) is 3.45. The Hall–Kier alpha value is -2.58. The van der Waals surface area contributed by atoms with Gasteiger partial charge >= 0.3 is 6.61 Å². The summed E-state index contributed by atoms with van der Waals surface area (Å²) in [6, 6.07) is 4.57. The molecule has 1 rings (SSSR count). The summed E-state index contributed by atoms with van der Waals surface area (Å²) < 4.78 is 34.8. The van der Waals surface area contributed by atoms with Crippen molar-refractivity contribution in [3.05, 3.63) is 23.8 Å². The topological polar surface area (TPSA) is 84.0 Å². The van der Waals surface area contributed by atoms with Crippen LogP contribution >= 0.6 is 0 Å². The van der Waals surface area contributed by atoms with E-state index in [-0.39, 0.29) is 18.2 Å². The molecule has 0 radical (unpaired) electrons. The van der Waals surface area contributed by atoms with Crippen LogP contribution in [0.4, 0.5) is 8.78 Å². The van der Waals surface area contributed by atoms with E-state index in [4.69, 9.17) is 4.74 Å². The number of ether oxygens (including phenoxy) is 2. The fraction of sp³-hybridized carbons (Fsp3) is 0.556. The number of halogens is 2. The summed E-state index contributed by atoms with van der Waals surface area (Å²) >= 11 is 0. The molecule has 0 aromatic heterocycles. The highest BCUT2D eigenvalue weighted by atomic mass is 19.3. The number of benzene rings is 1. The van der Waals surface area contributed by atoms with Crippen molar-refractivity contribution in [2.75, 3.05) is 26.7 Å². The Labute approximate surface area is 158 Å². The molecule has 0 spiro atoms. The predicted molar refractivity (Wildman–Crippen MR) is 100 cm³/mol. The van der Waals surface area contributed by atoms with Gasteiger partial charge < -0.3 is 25.4 Å². The summed E-state index contributed by atoms with van der Waals surface area (Å²) in [7, 11) is 1.49. The van der Waals surface area contributed by atoms with Crippen molar-refractivity contribution in [3.8, 4) is 11.5 Å². The number of amides is 1. The van der Waals surface area contributed by atoms with Crippen molar-refractivity contribution in [1.29, 1.82) is 0 Å². The normalized spacial score (nSPS) is 11.3. The molecule has 3 N–H and O–H groups in total. The first-order valence-corrected chi connectivity index (χ1v) is 8.90. The van der Waals surface area contributed by atoms with Gasteiger partial charge in [0, 0.05) is 31.6 Å². The highest BCUT2D eigenvalue weighted by Gasteiger charge is 2.11. The van der Waals surface area contributed by atoms with Gasteiger partial charge in [-0.3, -0.25) is 4.79 Å². The Balaban J connectivity index is 2.74. The van der Waals surface area contributed by atoms with Crippen LogP contribution in [-0.4, -0.2) is 45.2 Å². The second-order valence-electron chi connectivity index (χ2n) is 5.57. The van der Waals surface area contributed by atoms with Gasteiger partial charge in [-0.05, 0) is 31.5 Å². The van der Waals surface area contributed by atoms with E-state index in [0.717, 1.165) is 6.42 Å². The molecule has 1 aromatic rings. The fourth-order valence-corrected chi connectivity index (χ4v) is 2.17. The summed E-state index contributed by atoms with van der Waals surface area (Å²) in [6.45, 7) is 2.74. The maximum Gasteiger partial charge on any atom is 0.387 e. The van der Waals surface area contributed by atoms with E-state index >= 15 is 0 Å². The molecule has 0 aliphatic carbocycles. The molecule has 152 valence electrons. The predicted octanol–water partition coefficient (Wildman–Crippen LogP) is 2.27. The van der Waals surface area contributed by atoms with Crippen LogP contribution in [0.2, 0.25) is 0 Å². The minimum atomic E-state index is -2.92. The first-order valence-electron chi connectivity index (χ1n) is 8.90. The van der Waals surface area contributed by atoms with Gasteiger partial charge in [0.25, 0.3) is 0 Å². The first-order chi connectivity index (χ1) is 13.0. The van der Waals surface area contributed by atoms with E-state index in [1.54, 1.807) is 12.1 Å². The molecule has 0 saturated heterocycles. The Morgan fingerprint density at radius 2 is 1.96 bits per heavy atom. The average Bonchev–Trinajstić information content (AvgIpc) is 2.64. The SMILES string of the molecule is CCCNC(=O)CCNC(=NCc1cc(OC)ccc1OC(F)F)NCC. The number of methoxy groups -OCH3 is 1. The van der Waals surface area contributed by atoms with E-state index in [2.05, 4.69) is 25.7 Å². The molecule has 9 heteroatoms. The number of hydrogen-bond acceptors (Lipinski definition) is 4. The van der Waals surface area contributed by atoms with Gasteiger partial charge in [0.15, 0.2) is 5.96 Å². The van der Waals surface area contributed by atoms with E-state index in [0.29, 0.717) is 43.3 Å². The van der Waals surface area contributed by atoms with Crippen LogP contribution in [-0.2, 0) is 11.3 Å². The van der Waals surface area contributed by atoms with Crippen molar-refractivity contribution in [3.63, 3.8) is 0 Å². The number of aliphatic imine (C=N–C) groups is 1. The van der Waals surface area contributed by atoms with E-state index in [1.165, 1.54) is 13.2 Å². The molecule has 0 atom stereocenters. The van der Waals surface area contributed by atoms with E-state index in [1.807, 2.05) is 13.8 Å². The highest BCUT2D eigenvalue weighted by Crippen LogP contribution is 2.26. The molecule has 0 heterocycles. The van der Waals surface area contributed by atoms with Crippen LogP contribution in [0.15, 0.2) is 23.2 Å². The molecule has 0 aliphatic heterocycles. The van der Waals surface area contributed by atoms with Crippen LogP contribution in [0.3, 0.4) is 0 Å². The maximum atomic E-state index is 12.6. The Morgan fingerprint density at radius 1 is 1.19 bits per heavy atom. The zero-order valence-corrected chi connectivity index (χ0v) is 16.0. The summed E-state index contributed by atoms with van der Waals surface area (Å²) in [4.78, 5) is 16.0. The summed E-state index contributed by atoms with van der Waals surface area (Å²) in [6.07, 6.45) is 1.19. The zero-order chi connectivity index (χ0) is 20.1. The van der Waals surface area contributed by atoms with E-state index in [9.17, 15) is 13.6 Å². The third kappa shape index (κ3) is 9.07. The standard InChI is InChI=1S/C18H28F2N4O3/c1-4-9-22-16(25)8-10-23-18(21-5-2)24-12-13-11-14(26-3)6-7-15(13)27-17(19)20/h6-7,11,17H,4-5,8-10,12H2,1-3H3,(H,22,25)(H2,21,23,24). The lowest BCUT2D eigenvalue weighted by molar-refractivity contribution is -0.120. The molecular formula is C18H28F2N4O3. The van der Waals surface area contributed by atoms with Crippen molar-refractivity contribution in [1.82, 2.24) is 16.0 Å². The number of nitrogens with one attached hydrogen (secondary N) is 3. The second-order valence-corrected chi connectivity index (χ2v) is 5.57. The number of rotatable bonds is 11. The molecular weight excluding hydrogens is 358 g/mol. The van der Waals surface area contributed by atoms with Crippen LogP contribution in [0.1, 0.15) is 32.3 Å². The molecule has 1 amide bonds. The fourth-order valence-electron chi connectivity index (χ4n) is 2.17. The number of nitrogens with zero attached hydrogens (tertiary/aromatic N) is 1. The van der Waals surface area contributed by atoms with Gasteiger partial charge in [-0.2, -0.15) is 8.78 Å². The average molecular weight is 386 g/mol. The number of hydrogen-bond donors (Lipinski definition) is 3. The van der Waals surface area contributed by atoms with E-state index < -0.39 is 6.61 Å². The number of carbonyl (C=O) groups is 1. The molecule has 0 aliphatic rings. The number of alkyl halides is 2. The Morgan fingerprint density at radius 3 is 2.59 bits per heavy atom. The Bertz CT molecular complexity index is 612. The lowest BCUT2D eigenvalue weighted by Crippen LogP contribution is -2.39. The highest BCUT2D eigenvalue weighted by molar-refractivity contribution is 5.81. The van der Waals surface area contributed by atoms with Gasteiger partial charge in [-0.15, -0.1) is 0 Å². The minimum Gasteiger partial charge on any atom is -0.497 e. The molecule has 1 aromatic carbocycles. The van der Waals surface area contributed by atoms with Crippen molar-refractivity contribution >= 4 is 11.9 Å². The van der Waals surface area contributed by atoms with Crippen LogP contribution in [0, 0.1) is 0 Å². The van der Waals surface area contributed by atoms with Gasteiger partial charge in [-0.1, -0.05) is 6.92 Å². The lowest BCUT2D eigenvalue weighted by Gasteiger charge is -2.13. The van der Waals surface area contributed by atoms with Crippen LogP contribution in [0.5, 0.6) is 11.5 Å². The molecule has 0 unspecified atom stereocenters. The largest absolute Gasteiger partial charge is 0.497 e. The summed E-state index contributed by atoms with van der Waals surface area (Å²) in [5, 5.41) is 8.88. The van der Waals surface area contributed by atoms with Crippen molar-refractivity contribution < 1.29 is 23.0 Å². The molecule has 0 bridgehead atoms. The zero-order valence-electron chi connectivity index (χ0n) is 16.0. The maximum absolute atomic E-state index is 12.6. The van der Waals surface area contributed by atoms with Gasteiger partial charge in [-0.25, -0.2) is 4.99 Å². The second kappa shape index (κ2) is 12.7. The first kappa shape index (κ1) is 22.5. The lowest BCUT2D eigenvalue weighted by atomic mass is 10.2. The minimum absolute atomic E-state index is 0.0411. The molecule has 27 heavy (non-hydrogen) atoms. The number of carbonyl (C=O) groups excluding carboxylic acids is 1. The monoisotopic (exact) mass is 386 g/mol. The summed E-state index contributed by atoms with van der Waals surface area (Å²) in [5.74, 6) is 1.00.